The van der Waals surface area contributed by atoms with Crippen LogP contribution in [0, 0.1) is 5.92 Å². The number of fused-ring (bicyclic) bond motifs is 2. The molecular formula is C30H36F2N6O. The minimum Gasteiger partial charge on any atom is -0.473 e. The van der Waals surface area contributed by atoms with Crippen LogP contribution in [0.1, 0.15) is 68.2 Å². The van der Waals surface area contributed by atoms with Gasteiger partial charge < -0.3 is 15.0 Å². The van der Waals surface area contributed by atoms with Gasteiger partial charge in [-0.15, -0.1) is 0 Å². The Hall–Kier alpha value is -3.20. The van der Waals surface area contributed by atoms with Gasteiger partial charge in [-0.25, -0.2) is 28.7 Å². The summed E-state index contributed by atoms with van der Waals surface area (Å²) in [6.07, 6.45) is 11.9. The number of nitrogens with one attached hydrogen (secondary N) is 1. The van der Waals surface area contributed by atoms with E-state index in [-0.39, 0.29) is 24.9 Å². The maximum Gasteiger partial charge on any atom is 0.248 e. The summed E-state index contributed by atoms with van der Waals surface area (Å²) in [5.74, 6) is -1.12. The van der Waals surface area contributed by atoms with Gasteiger partial charge in [0.05, 0.1) is 22.9 Å². The molecule has 6 rings (SSSR count). The Labute approximate surface area is 228 Å². The van der Waals surface area contributed by atoms with Gasteiger partial charge in [0.2, 0.25) is 17.8 Å². The van der Waals surface area contributed by atoms with E-state index in [4.69, 9.17) is 14.7 Å². The first kappa shape index (κ1) is 26.0. The highest BCUT2D eigenvalue weighted by molar-refractivity contribution is 5.86. The van der Waals surface area contributed by atoms with Gasteiger partial charge >= 0.3 is 0 Å². The normalized spacial score (nSPS) is 20.7. The quantitative estimate of drug-likeness (QED) is 0.422. The number of benzene rings is 1. The van der Waals surface area contributed by atoms with Crippen LogP contribution in [0.2, 0.25) is 0 Å². The molecule has 7 nitrogen and oxygen atoms in total. The summed E-state index contributed by atoms with van der Waals surface area (Å²) in [6.45, 7) is 2.69. The van der Waals surface area contributed by atoms with Crippen LogP contribution in [0.4, 0.5) is 14.7 Å². The summed E-state index contributed by atoms with van der Waals surface area (Å²) in [7, 11) is 2.14. The van der Waals surface area contributed by atoms with Crippen LogP contribution >= 0.6 is 0 Å². The molecule has 1 aromatic carbocycles. The second-order valence-electron chi connectivity index (χ2n) is 11.3. The van der Waals surface area contributed by atoms with Crippen LogP contribution in [0.15, 0.2) is 36.7 Å². The van der Waals surface area contributed by atoms with E-state index in [1.165, 1.54) is 0 Å². The molecule has 39 heavy (non-hydrogen) atoms. The van der Waals surface area contributed by atoms with Gasteiger partial charge in [0.15, 0.2) is 0 Å². The maximum atomic E-state index is 13.5. The third-order valence-corrected chi connectivity index (χ3v) is 8.29. The summed E-state index contributed by atoms with van der Waals surface area (Å²) in [5.41, 5.74) is 5.85. The van der Waals surface area contributed by atoms with Crippen molar-refractivity contribution in [3.63, 3.8) is 0 Å². The Bertz CT molecular complexity index is 1340. The predicted octanol–water partition coefficient (Wildman–Crippen LogP) is 5.90. The molecule has 1 aliphatic heterocycles. The molecule has 206 valence electrons. The molecule has 0 bridgehead atoms. The Morgan fingerprint density at radius 3 is 2.67 bits per heavy atom. The van der Waals surface area contributed by atoms with Crippen molar-refractivity contribution in [3.05, 3.63) is 53.5 Å². The number of likely N-dealkylation sites (tertiary alicyclic amines) is 1. The number of rotatable bonds is 6. The fourth-order valence-electron chi connectivity index (χ4n) is 5.85. The Morgan fingerprint density at radius 1 is 1.03 bits per heavy atom. The molecule has 2 aliphatic carbocycles. The fourth-order valence-corrected chi connectivity index (χ4v) is 5.85. The van der Waals surface area contributed by atoms with Crippen molar-refractivity contribution < 1.29 is 13.5 Å². The molecule has 3 aromatic rings. The van der Waals surface area contributed by atoms with Crippen molar-refractivity contribution in [3.8, 4) is 5.88 Å². The van der Waals surface area contributed by atoms with E-state index >= 15 is 0 Å². The lowest BCUT2D eigenvalue weighted by Crippen LogP contribution is -2.35. The smallest absolute Gasteiger partial charge is 0.248 e. The zero-order valence-electron chi connectivity index (χ0n) is 22.5. The van der Waals surface area contributed by atoms with Crippen molar-refractivity contribution in [2.24, 2.45) is 5.92 Å². The first-order valence-electron chi connectivity index (χ1n) is 14.2. The third-order valence-electron chi connectivity index (χ3n) is 8.29. The standard InChI is InChI=1S/C30H36F2N6O/c1-38-14-10-22(11-15-38)39-28-19-33-26-7-6-21(16-27(26)36-28)23-4-2-3-5-25-24(23)18-35-29(37-25)34-17-20-8-12-30(31,32)13-9-20/h4,6-7,16,18-20,22H,2-3,5,8-15,17H2,1H3,(H,34,35,37). The number of allylic oxidation sites excluding steroid dienone is 1. The molecule has 2 aromatic heterocycles. The Balaban J connectivity index is 1.19. The molecule has 3 heterocycles. The summed E-state index contributed by atoms with van der Waals surface area (Å²) in [5, 5.41) is 3.31. The fraction of sp³-hybridized carbons (Fsp3) is 0.533. The number of aromatic nitrogens is 4. The first-order chi connectivity index (χ1) is 18.9. The Morgan fingerprint density at radius 2 is 1.85 bits per heavy atom. The van der Waals surface area contributed by atoms with E-state index in [0.29, 0.717) is 31.2 Å². The minimum atomic E-state index is -2.50. The molecule has 0 radical (unpaired) electrons. The van der Waals surface area contributed by atoms with Crippen LogP contribution < -0.4 is 10.1 Å². The monoisotopic (exact) mass is 534 g/mol. The van der Waals surface area contributed by atoms with Gasteiger partial charge in [-0.3, -0.25) is 0 Å². The van der Waals surface area contributed by atoms with E-state index in [1.54, 1.807) is 6.20 Å². The Kier molecular flexibility index (Phi) is 7.42. The molecule has 1 N–H and O–H groups in total. The van der Waals surface area contributed by atoms with Crippen molar-refractivity contribution in [2.75, 3.05) is 32.0 Å². The summed E-state index contributed by atoms with van der Waals surface area (Å²) >= 11 is 0. The maximum absolute atomic E-state index is 13.5. The van der Waals surface area contributed by atoms with Crippen LogP contribution in [0.5, 0.6) is 5.88 Å². The summed E-state index contributed by atoms with van der Waals surface area (Å²) in [6, 6.07) is 6.17. The van der Waals surface area contributed by atoms with Gasteiger partial charge in [-0.05, 0) is 81.2 Å². The number of aryl methyl sites for hydroxylation is 1. The largest absolute Gasteiger partial charge is 0.473 e. The van der Waals surface area contributed by atoms with E-state index in [1.807, 2.05) is 12.3 Å². The predicted molar refractivity (Wildman–Crippen MR) is 148 cm³/mol. The molecule has 1 saturated heterocycles. The first-order valence-corrected chi connectivity index (χ1v) is 14.2. The SMILES string of the molecule is CN1CCC(Oc2cnc3ccc(C4=CCCCc5nc(NCC6CCC(F)(F)CC6)ncc54)cc3n2)CC1. The number of nitrogens with zero attached hydrogens (tertiary/aromatic N) is 5. The van der Waals surface area contributed by atoms with Crippen LogP contribution in [-0.4, -0.2) is 63.5 Å². The van der Waals surface area contributed by atoms with Crippen molar-refractivity contribution in [1.29, 1.82) is 0 Å². The lowest BCUT2D eigenvalue weighted by Gasteiger charge is -2.28. The molecule has 9 heteroatoms. The molecule has 0 spiro atoms. The van der Waals surface area contributed by atoms with Crippen molar-refractivity contribution >= 4 is 22.6 Å². The van der Waals surface area contributed by atoms with Gasteiger partial charge in [0, 0.05) is 44.2 Å². The number of ether oxygens (including phenoxy) is 1. The summed E-state index contributed by atoms with van der Waals surface area (Å²) in [4.78, 5) is 21.2. The highest BCUT2D eigenvalue weighted by atomic mass is 19.3. The molecule has 0 atom stereocenters. The van der Waals surface area contributed by atoms with Gasteiger partial charge in [-0.2, -0.15) is 0 Å². The molecule has 2 fully saturated rings. The highest BCUT2D eigenvalue weighted by Crippen LogP contribution is 2.36. The van der Waals surface area contributed by atoms with Gasteiger partial charge in [0.1, 0.15) is 6.10 Å². The second-order valence-corrected chi connectivity index (χ2v) is 11.3. The number of halogens is 2. The van der Waals surface area contributed by atoms with E-state index in [0.717, 1.165) is 78.6 Å². The third kappa shape index (κ3) is 6.19. The molecular weight excluding hydrogens is 498 g/mol. The minimum absolute atomic E-state index is 0.0273. The van der Waals surface area contributed by atoms with E-state index < -0.39 is 5.92 Å². The summed E-state index contributed by atoms with van der Waals surface area (Å²) < 4.78 is 33.2. The highest BCUT2D eigenvalue weighted by Gasteiger charge is 2.34. The van der Waals surface area contributed by atoms with E-state index in [2.05, 4.69) is 45.4 Å². The van der Waals surface area contributed by atoms with Crippen LogP contribution in [0.3, 0.4) is 0 Å². The average molecular weight is 535 g/mol. The topological polar surface area (TPSA) is 76.1 Å². The number of hydrogen-bond donors (Lipinski definition) is 1. The number of alkyl halides is 2. The lowest BCUT2D eigenvalue weighted by molar-refractivity contribution is -0.0443. The van der Waals surface area contributed by atoms with Gasteiger partial charge in [0.25, 0.3) is 0 Å². The van der Waals surface area contributed by atoms with Crippen molar-refractivity contribution in [1.82, 2.24) is 24.8 Å². The molecule has 3 aliphatic rings. The second kappa shape index (κ2) is 11.1. The van der Waals surface area contributed by atoms with Crippen molar-refractivity contribution in [2.45, 2.75) is 69.8 Å². The molecule has 1 saturated carbocycles. The van der Waals surface area contributed by atoms with Crippen LogP contribution in [0.25, 0.3) is 16.6 Å². The molecule has 0 amide bonds. The zero-order valence-corrected chi connectivity index (χ0v) is 22.5. The number of anilines is 1. The van der Waals surface area contributed by atoms with Crippen LogP contribution in [-0.2, 0) is 6.42 Å². The van der Waals surface area contributed by atoms with Gasteiger partial charge in [-0.1, -0.05) is 12.1 Å². The zero-order chi connectivity index (χ0) is 26.8. The van der Waals surface area contributed by atoms with E-state index in [9.17, 15) is 8.78 Å². The molecule has 0 unspecified atom stereocenters. The number of hydrogen-bond acceptors (Lipinski definition) is 7. The lowest BCUT2D eigenvalue weighted by atomic mass is 9.87. The average Bonchev–Trinajstić information content (AvgIpc) is 3.15. The number of piperidine rings is 1.